The Morgan fingerprint density at radius 2 is 2.00 bits per heavy atom. The normalized spacial score (nSPS) is 15.3. The van der Waals surface area contributed by atoms with Gasteiger partial charge in [0.2, 0.25) is 0 Å². The first-order valence-electron chi connectivity index (χ1n) is 8.58. The van der Waals surface area contributed by atoms with Crippen molar-refractivity contribution in [2.75, 3.05) is 0 Å². The van der Waals surface area contributed by atoms with Crippen LogP contribution >= 0.6 is 0 Å². The number of halogens is 1. The highest BCUT2D eigenvalue weighted by Gasteiger charge is 2.29. The van der Waals surface area contributed by atoms with E-state index in [9.17, 15) is 9.18 Å². The van der Waals surface area contributed by atoms with Gasteiger partial charge in [-0.3, -0.25) is 4.79 Å². The minimum Gasteiger partial charge on any atom is -0.349 e. The Kier molecular flexibility index (Phi) is 3.79. The Labute approximate surface area is 145 Å². The summed E-state index contributed by atoms with van der Waals surface area (Å²) in [4.78, 5) is 17.3. The van der Waals surface area contributed by atoms with E-state index in [1.807, 2.05) is 23.7 Å². The lowest BCUT2D eigenvalue weighted by Crippen LogP contribution is -2.34. The fraction of sp³-hybridized carbons (Fsp3) is 0.300. The number of aromatic nitrogens is 2. The Hall–Kier alpha value is -2.69. The summed E-state index contributed by atoms with van der Waals surface area (Å²) >= 11 is 0. The van der Waals surface area contributed by atoms with Gasteiger partial charge in [0.05, 0.1) is 11.3 Å². The van der Waals surface area contributed by atoms with Crippen molar-refractivity contribution in [1.29, 1.82) is 0 Å². The molecule has 0 spiro atoms. The van der Waals surface area contributed by atoms with Crippen LogP contribution in [-0.2, 0) is 0 Å². The van der Waals surface area contributed by atoms with Crippen LogP contribution in [0.3, 0.4) is 0 Å². The molecule has 1 fully saturated rings. The van der Waals surface area contributed by atoms with Gasteiger partial charge >= 0.3 is 0 Å². The van der Waals surface area contributed by atoms with E-state index in [0.29, 0.717) is 17.1 Å². The number of aryl methyl sites for hydroxylation is 1. The van der Waals surface area contributed by atoms with Crippen molar-refractivity contribution < 1.29 is 9.18 Å². The van der Waals surface area contributed by atoms with Gasteiger partial charge in [-0.05, 0) is 68.5 Å². The highest BCUT2D eigenvalue weighted by molar-refractivity contribution is 6.00. The van der Waals surface area contributed by atoms with Crippen LogP contribution in [0.15, 0.2) is 42.7 Å². The molecule has 0 unspecified atom stereocenters. The third-order valence-electron chi connectivity index (χ3n) is 4.86. The smallest absolute Gasteiger partial charge is 0.255 e. The first kappa shape index (κ1) is 15.8. The summed E-state index contributed by atoms with van der Waals surface area (Å²) in [5.74, 6) is 0.227. The third kappa shape index (κ3) is 3.02. The summed E-state index contributed by atoms with van der Waals surface area (Å²) in [5, 5.41) is 3.08. The molecule has 4 nitrogen and oxygen atoms in total. The van der Waals surface area contributed by atoms with E-state index in [2.05, 4.69) is 12.2 Å². The van der Waals surface area contributed by atoms with Crippen LogP contribution in [-0.4, -0.2) is 21.3 Å². The van der Waals surface area contributed by atoms with Gasteiger partial charge in [0.25, 0.3) is 5.91 Å². The van der Waals surface area contributed by atoms with Gasteiger partial charge in [-0.15, -0.1) is 0 Å². The zero-order valence-corrected chi connectivity index (χ0v) is 14.3. The van der Waals surface area contributed by atoms with Crippen molar-refractivity contribution in [2.45, 2.75) is 32.7 Å². The number of rotatable bonds is 4. The molecule has 4 rings (SSSR count). The summed E-state index contributed by atoms with van der Waals surface area (Å²) in [6, 6.07) is 8.24. The number of amides is 1. The topological polar surface area (TPSA) is 46.4 Å². The van der Waals surface area contributed by atoms with E-state index < -0.39 is 0 Å². The Morgan fingerprint density at radius 1 is 1.28 bits per heavy atom. The predicted octanol–water partition coefficient (Wildman–Crippen LogP) is 3.98. The first-order chi connectivity index (χ1) is 12.0. The summed E-state index contributed by atoms with van der Waals surface area (Å²) in [5.41, 5.74) is 3.74. The number of benzene rings is 1. The summed E-state index contributed by atoms with van der Waals surface area (Å²) in [7, 11) is 0. The highest BCUT2D eigenvalue weighted by atomic mass is 19.1. The second-order valence-corrected chi connectivity index (χ2v) is 6.84. The molecule has 0 aliphatic heterocycles. The fourth-order valence-corrected chi connectivity index (χ4v) is 3.20. The number of carbonyl (C=O) groups is 1. The van der Waals surface area contributed by atoms with Crippen molar-refractivity contribution in [3.63, 3.8) is 0 Å². The standard InChI is InChI=1S/C20H20FN3O/c1-12-11-24-10-9-17(20(25)22-13(2)14-3-4-14)19(24)23-18(12)15-5-7-16(21)8-6-15/h5-11,13-14H,3-4H2,1-2H3,(H,22,25)/t13-/m0/s1. The molecule has 3 aromatic rings. The zero-order chi connectivity index (χ0) is 17.6. The molecule has 0 saturated heterocycles. The molecule has 1 amide bonds. The van der Waals surface area contributed by atoms with Gasteiger partial charge in [0.15, 0.2) is 0 Å². The molecule has 128 valence electrons. The molecule has 1 aromatic carbocycles. The van der Waals surface area contributed by atoms with Crippen molar-refractivity contribution in [3.8, 4) is 11.3 Å². The Balaban J connectivity index is 1.72. The van der Waals surface area contributed by atoms with E-state index in [1.165, 1.54) is 25.0 Å². The molecule has 1 atom stereocenters. The minimum atomic E-state index is -0.278. The second-order valence-electron chi connectivity index (χ2n) is 6.84. The molecule has 2 aromatic heterocycles. The van der Waals surface area contributed by atoms with Gasteiger partial charge in [-0.25, -0.2) is 9.37 Å². The average molecular weight is 337 g/mol. The molecular formula is C20H20FN3O. The molecule has 0 radical (unpaired) electrons. The molecule has 5 heteroatoms. The van der Waals surface area contributed by atoms with Gasteiger partial charge in [-0.1, -0.05) is 0 Å². The fourth-order valence-electron chi connectivity index (χ4n) is 3.20. The van der Waals surface area contributed by atoms with Crippen molar-refractivity contribution in [3.05, 3.63) is 59.7 Å². The van der Waals surface area contributed by atoms with Crippen LogP contribution < -0.4 is 5.32 Å². The van der Waals surface area contributed by atoms with E-state index >= 15 is 0 Å². The molecule has 1 aliphatic carbocycles. The van der Waals surface area contributed by atoms with E-state index in [0.717, 1.165) is 16.8 Å². The molecule has 2 heterocycles. The SMILES string of the molecule is Cc1cn2ccc(C(=O)N[C@@H](C)C3CC3)c2nc1-c1ccc(F)cc1. The lowest BCUT2D eigenvalue weighted by molar-refractivity contribution is 0.0937. The number of nitrogens with one attached hydrogen (secondary N) is 1. The highest BCUT2D eigenvalue weighted by Crippen LogP contribution is 2.32. The average Bonchev–Trinajstić information content (AvgIpc) is 3.36. The number of fused-ring (bicyclic) bond motifs is 1. The van der Waals surface area contributed by atoms with Gasteiger partial charge in [-0.2, -0.15) is 0 Å². The summed E-state index contributed by atoms with van der Waals surface area (Å²) in [6.45, 7) is 4.01. The second kappa shape index (κ2) is 5.99. The van der Waals surface area contributed by atoms with Crippen LogP contribution in [0.4, 0.5) is 4.39 Å². The summed E-state index contributed by atoms with van der Waals surface area (Å²) in [6.07, 6.45) is 6.16. The van der Waals surface area contributed by atoms with Crippen molar-refractivity contribution >= 4 is 11.6 Å². The number of hydrogen-bond acceptors (Lipinski definition) is 2. The molecule has 1 N–H and O–H groups in total. The van der Waals surface area contributed by atoms with Crippen LogP contribution in [0.2, 0.25) is 0 Å². The monoisotopic (exact) mass is 337 g/mol. The van der Waals surface area contributed by atoms with E-state index in [1.54, 1.807) is 18.2 Å². The molecule has 1 saturated carbocycles. The molecule has 25 heavy (non-hydrogen) atoms. The molecule has 1 aliphatic rings. The molecular weight excluding hydrogens is 317 g/mol. The van der Waals surface area contributed by atoms with Crippen molar-refractivity contribution in [1.82, 2.24) is 14.7 Å². The third-order valence-corrected chi connectivity index (χ3v) is 4.86. The van der Waals surface area contributed by atoms with Crippen LogP contribution in [0, 0.1) is 18.7 Å². The van der Waals surface area contributed by atoms with Crippen LogP contribution in [0.1, 0.15) is 35.7 Å². The van der Waals surface area contributed by atoms with E-state index in [4.69, 9.17) is 4.98 Å². The maximum Gasteiger partial charge on any atom is 0.255 e. The number of hydrogen-bond donors (Lipinski definition) is 1. The van der Waals surface area contributed by atoms with Crippen molar-refractivity contribution in [2.24, 2.45) is 5.92 Å². The number of nitrogens with zero attached hydrogens (tertiary/aromatic N) is 2. The lowest BCUT2D eigenvalue weighted by Gasteiger charge is -2.12. The van der Waals surface area contributed by atoms with E-state index in [-0.39, 0.29) is 17.8 Å². The molecule has 0 bridgehead atoms. The van der Waals surface area contributed by atoms with Crippen LogP contribution in [0.25, 0.3) is 16.9 Å². The Bertz CT molecular complexity index is 941. The number of carbonyl (C=O) groups excluding carboxylic acids is 1. The Morgan fingerprint density at radius 3 is 2.68 bits per heavy atom. The summed E-state index contributed by atoms with van der Waals surface area (Å²) < 4.78 is 15.1. The maximum atomic E-state index is 13.2. The van der Waals surface area contributed by atoms with Crippen LogP contribution in [0.5, 0.6) is 0 Å². The van der Waals surface area contributed by atoms with Gasteiger partial charge in [0, 0.05) is 24.0 Å². The van der Waals surface area contributed by atoms with Gasteiger partial charge in [0.1, 0.15) is 11.5 Å². The lowest BCUT2D eigenvalue weighted by atomic mass is 10.1. The predicted molar refractivity (Wildman–Crippen MR) is 95.0 cm³/mol. The maximum absolute atomic E-state index is 13.2. The zero-order valence-electron chi connectivity index (χ0n) is 14.3. The quantitative estimate of drug-likeness (QED) is 0.783. The first-order valence-corrected chi connectivity index (χ1v) is 8.58. The largest absolute Gasteiger partial charge is 0.349 e. The minimum absolute atomic E-state index is 0.0942. The van der Waals surface area contributed by atoms with Gasteiger partial charge < -0.3 is 9.72 Å².